The van der Waals surface area contributed by atoms with Crippen molar-refractivity contribution < 1.29 is 9.47 Å². The third-order valence-corrected chi connectivity index (χ3v) is 3.62. The van der Waals surface area contributed by atoms with Crippen molar-refractivity contribution in [2.24, 2.45) is 0 Å². The molecule has 0 radical (unpaired) electrons. The summed E-state index contributed by atoms with van der Waals surface area (Å²) in [6.07, 6.45) is 0. The Morgan fingerprint density at radius 1 is 1.20 bits per heavy atom. The Bertz CT molecular complexity index is 329. The van der Waals surface area contributed by atoms with Crippen LogP contribution in [-0.2, 0) is 15.3 Å². The van der Waals surface area contributed by atoms with Gasteiger partial charge < -0.3 is 9.47 Å². The van der Waals surface area contributed by atoms with Gasteiger partial charge in [0.05, 0.1) is 18.0 Å². The molecule has 15 heavy (non-hydrogen) atoms. The van der Waals surface area contributed by atoms with Gasteiger partial charge in [0.1, 0.15) is 0 Å². The van der Waals surface area contributed by atoms with Crippen molar-refractivity contribution in [2.45, 2.75) is 17.5 Å². The molecule has 1 aliphatic rings. The van der Waals surface area contributed by atoms with E-state index in [9.17, 15) is 0 Å². The van der Waals surface area contributed by atoms with Crippen LogP contribution in [0, 0.1) is 0 Å². The van der Waals surface area contributed by atoms with E-state index < -0.39 is 5.79 Å². The van der Waals surface area contributed by atoms with E-state index in [0.29, 0.717) is 13.2 Å². The second kappa shape index (κ2) is 4.53. The molecule has 0 spiro atoms. The molecule has 0 aliphatic carbocycles. The van der Waals surface area contributed by atoms with Crippen LogP contribution in [0.3, 0.4) is 0 Å². The van der Waals surface area contributed by atoms with E-state index in [4.69, 9.17) is 9.47 Å². The number of hydrogen-bond acceptors (Lipinski definition) is 2. The highest BCUT2D eigenvalue weighted by Crippen LogP contribution is 2.38. The SMILES string of the molecule is CC(Br)C1(c2ccc(Br)cc2)OCCO1. The number of benzene rings is 1. The largest absolute Gasteiger partial charge is 0.343 e. The van der Waals surface area contributed by atoms with Crippen molar-refractivity contribution in [3.05, 3.63) is 34.3 Å². The van der Waals surface area contributed by atoms with Crippen LogP contribution < -0.4 is 0 Å². The summed E-state index contributed by atoms with van der Waals surface area (Å²) in [5.74, 6) is -0.624. The second-order valence-corrected chi connectivity index (χ2v) is 5.78. The van der Waals surface area contributed by atoms with Gasteiger partial charge in [-0.2, -0.15) is 0 Å². The van der Waals surface area contributed by atoms with Crippen LogP contribution in [-0.4, -0.2) is 18.0 Å². The van der Waals surface area contributed by atoms with Gasteiger partial charge in [0.2, 0.25) is 5.79 Å². The lowest BCUT2D eigenvalue weighted by molar-refractivity contribution is -0.161. The summed E-state index contributed by atoms with van der Waals surface area (Å²) in [5, 5.41) is 0. The molecule has 0 saturated carbocycles. The Kier molecular flexibility index (Phi) is 3.50. The normalized spacial score (nSPS) is 21.5. The Morgan fingerprint density at radius 3 is 2.20 bits per heavy atom. The predicted octanol–water partition coefficient (Wildman–Crippen LogP) is 3.43. The van der Waals surface area contributed by atoms with Crippen molar-refractivity contribution in [1.29, 1.82) is 0 Å². The summed E-state index contributed by atoms with van der Waals surface area (Å²) >= 11 is 6.97. The molecule has 1 fully saturated rings. The van der Waals surface area contributed by atoms with Gasteiger partial charge in [-0.15, -0.1) is 0 Å². The summed E-state index contributed by atoms with van der Waals surface area (Å²) in [7, 11) is 0. The predicted molar refractivity (Wildman–Crippen MR) is 66.1 cm³/mol. The number of ether oxygens (including phenoxy) is 2. The zero-order chi connectivity index (χ0) is 10.9. The van der Waals surface area contributed by atoms with Crippen LogP contribution in [0.25, 0.3) is 0 Å². The van der Waals surface area contributed by atoms with E-state index >= 15 is 0 Å². The zero-order valence-corrected chi connectivity index (χ0v) is 11.5. The maximum absolute atomic E-state index is 5.74. The summed E-state index contributed by atoms with van der Waals surface area (Å²) < 4.78 is 12.5. The molecule has 0 amide bonds. The Morgan fingerprint density at radius 2 is 1.73 bits per heavy atom. The molecule has 1 aromatic rings. The highest BCUT2D eigenvalue weighted by molar-refractivity contribution is 9.10. The quantitative estimate of drug-likeness (QED) is 0.771. The summed E-state index contributed by atoms with van der Waals surface area (Å²) in [4.78, 5) is 0.119. The lowest BCUT2D eigenvalue weighted by Gasteiger charge is -2.30. The zero-order valence-electron chi connectivity index (χ0n) is 8.37. The van der Waals surface area contributed by atoms with Crippen molar-refractivity contribution in [1.82, 2.24) is 0 Å². The first-order valence-corrected chi connectivity index (χ1v) is 6.54. The van der Waals surface area contributed by atoms with Gasteiger partial charge in [0.25, 0.3) is 0 Å². The van der Waals surface area contributed by atoms with Gasteiger partial charge in [-0.1, -0.05) is 44.0 Å². The van der Waals surface area contributed by atoms with Crippen molar-refractivity contribution in [3.8, 4) is 0 Å². The van der Waals surface area contributed by atoms with E-state index in [1.54, 1.807) is 0 Å². The topological polar surface area (TPSA) is 18.5 Å². The molecule has 1 heterocycles. The smallest absolute Gasteiger partial charge is 0.207 e. The monoisotopic (exact) mass is 334 g/mol. The molecule has 0 aromatic heterocycles. The van der Waals surface area contributed by atoms with Crippen molar-refractivity contribution in [3.63, 3.8) is 0 Å². The number of rotatable bonds is 2. The number of hydrogen-bond donors (Lipinski definition) is 0. The van der Waals surface area contributed by atoms with E-state index in [0.717, 1.165) is 10.0 Å². The molecule has 2 nitrogen and oxygen atoms in total. The van der Waals surface area contributed by atoms with Crippen LogP contribution in [0.4, 0.5) is 0 Å². The first-order chi connectivity index (χ1) is 7.15. The van der Waals surface area contributed by atoms with Crippen LogP contribution in [0.2, 0.25) is 0 Å². The molecule has 4 heteroatoms. The van der Waals surface area contributed by atoms with Crippen LogP contribution in [0.5, 0.6) is 0 Å². The minimum atomic E-state index is -0.624. The fourth-order valence-corrected chi connectivity index (χ4v) is 2.53. The molecule has 1 saturated heterocycles. The molecule has 0 N–H and O–H groups in total. The number of halogens is 2. The van der Waals surface area contributed by atoms with E-state index in [1.165, 1.54) is 0 Å². The average Bonchev–Trinajstić information content (AvgIpc) is 2.69. The highest BCUT2D eigenvalue weighted by Gasteiger charge is 2.42. The van der Waals surface area contributed by atoms with Gasteiger partial charge >= 0.3 is 0 Å². The van der Waals surface area contributed by atoms with Crippen LogP contribution in [0.15, 0.2) is 28.7 Å². The standard InChI is InChI=1S/C11H12Br2O2/c1-8(12)11(14-6-7-15-11)9-2-4-10(13)5-3-9/h2-5,8H,6-7H2,1H3. The van der Waals surface area contributed by atoms with Crippen molar-refractivity contribution >= 4 is 31.9 Å². The first-order valence-electron chi connectivity index (χ1n) is 4.83. The summed E-state index contributed by atoms with van der Waals surface area (Å²) in [6.45, 7) is 3.32. The molecule has 1 aromatic carbocycles. The molecule has 2 rings (SSSR count). The van der Waals surface area contributed by atoms with E-state index in [-0.39, 0.29) is 4.83 Å². The Labute approximate surface area is 106 Å². The molecular weight excluding hydrogens is 324 g/mol. The third kappa shape index (κ3) is 2.13. The summed E-state index contributed by atoms with van der Waals surface area (Å²) in [5.41, 5.74) is 1.05. The van der Waals surface area contributed by atoms with E-state index in [2.05, 4.69) is 31.9 Å². The van der Waals surface area contributed by atoms with Crippen LogP contribution >= 0.6 is 31.9 Å². The van der Waals surface area contributed by atoms with Crippen molar-refractivity contribution in [2.75, 3.05) is 13.2 Å². The lowest BCUT2D eigenvalue weighted by Crippen LogP contribution is -2.35. The maximum Gasteiger partial charge on any atom is 0.207 e. The molecule has 82 valence electrons. The molecule has 1 atom stereocenters. The van der Waals surface area contributed by atoms with Gasteiger partial charge in [0.15, 0.2) is 0 Å². The Balaban J connectivity index is 2.36. The fourth-order valence-electron chi connectivity index (χ4n) is 1.74. The van der Waals surface area contributed by atoms with Crippen LogP contribution in [0.1, 0.15) is 12.5 Å². The summed E-state index contributed by atoms with van der Waals surface area (Å²) in [6, 6.07) is 8.04. The minimum Gasteiger partial charge on any atom is -0.343 e. The minimum absolute atomic E-state index is 0.119. The Hall–Kier alpha value is 0.1000. The highest BCUT2D eigenvalue weighted by atomic mass is 79.9. The van der Waals surface area contributed by atoms with Gasteiger partial charge in [0, 0.05) is 10.0 Å². The fraction of sp³-hybridized carbons (Fsp3) is 0.455. The molecule has 1 aliphatic heterocycles. The molecular formula is C11H12Br2O2. The van der Waals surface area contributed by atoms with E-state index in [1.807, 2.05) is 31.2 Å². The average molecular weight is 336 g/mol. The maximum atomic E-state index is 5.74. The van der Waals surface area contributed by atoms with Gasteiger partial charge in [-0.25, -0.2) is 0 Å². The lowest BCUT2D eigenvalue weighted by atomic mass is 10.0. The molecule has 0 bridgehead atoms. The third-order valence-electron chi connectivity index (χ3n) is 2.49. The van der Waals surface area contributed by atoms with Gasteiger partial charge in [-0.3, -0.25) is 0 Å². The molecule has 1 unspecified atom stereocenters. The second-order valence-electron chi connectivity index (χ2n) is 3.49. The first kappa shape index (κ1) is 11.6. The van der Waals surface area contributed by atoms with Gasteiger partial charge in [-0.05, 0) is 19.1 Å². The number of alkyl halides is 1.